The highest BCUT2D eigenvalue weighted by Gasteiger charge is 2.43. The number of nitrogens with one attached hydrogen (secondary N) is 1. The Morgan fingerprint density at radius 2 is 2.42 bits per heavy atom. The van der Waals surface area contributed by atoms with Crippen molar-refractivity contribution in [2.24, 2.45) is 11.8 Å². The molecule has 0 spiro atoms. The Labute approximate surface area is 124 Å². The molecule has 0 saturated heterocycles. The van der Waals surface area contributed by atoms with Crippen LogP contribution in [-0.2, 0) is 4.74 Å². The van der Waals surface area contributed by atoms with Crippen LogP contribution in [0.3, 0.4) is 0 Å². The number of rotatable bonds is 5. The normalized spacial score (nSPS) is 29.4. The zero-order valence-electron chi connectivity index (χ0n) is 11.6. The third-order valence-corrected chi connectivity index (χ3v) is 5.29. The van der Waals surface area contributed by atoms with Crippen LogP contribution in [0, 0.1) is 5.92 Å². The maximum absolute atomic E-state index is 6.18. The Kier molecular flexibility index (Phi) is 5.26. The average molecular weight is 303 g/mol. The molecule has 1 heterocycles. The van der Waals surface area contributed by atoms with Gasteiger partial charge in [0.25, 0.3) is 0 Å². The van der Waals surface area contributed by atoms with E-state index >= 15 is 0 Å². The Bertz CT molecular complexity index is 408. The standard InChI is InChI=1S/C14H23ClN2OS/c1-3-18-14(8-4-5-10(2)9-14)13(17-16)11-6-7-12(15)19-11/h6-7,10,13,17H,3-5,8-9,16H2,1-2H3. The van der Waals surface area contributed by atoms with Gasteiger partial charge in [-0.25, -0.2) is 5.43 Å². The molecule has 1 aliphatic rings. The van der Waals surface area contributed by atoms with Crippen molar-refractivity contribution in [1.29, 1.82) is 0 Å². The van der Waals surface area contributed by atoms with Gasteiger partial charge in [-0.05, 0) is 37.8 Å². The van der Waals surface area contributed by atoms with Crippen LogP contribution in [0.2, 0.25) is 4.34 Å². The van der Waals surface area contributed by atoms with Crippen molar-refractivity contribution in [3.63, 3.8) is 0 Å². The van der Waals surface area contributed by atoms with Crippen molar-refractivity contribution in [1.82, 2.24) is 5.43 Å². The fourth-order valence-corrected chi connectivity index (χ4v) is 4.51. The number of ether oxygens (including phenoxy) is 1. The van der Waals surface area contributed by atoms with Crippen LogP contribution in [0.25, 0.3) is 0 Å². The third-order valence-electron chi connectivity index (χ3n) is 3.99. The van der Waals surface area contributed by atoms with Gasteiger partial charge in [0.05, 0.1) is 16.0 Å². The van der Waals surface area contributed by atoms with E-state index < -0.39 is 0 Å². The number of thiophene rings is 1. The van der Waals surface area contributed by atoms with E-state index in [9.17, 15) is 0 Å². The summed E-state index contributed by atoms with van der Waals surface area (Å²) in [5, 5.41) is 0. The number of halogens is 1. The van der Waals surface area contributed by atoms with Gasteiger partial charge in [-0.2, -0.15) is 0 Å². The van der Waals surface area contributed by atoms with Gasteiger partial charge >= 0.3 is 0 Å². The van der Waals surface area contributed by atoms with Gasteiger partial charge in [-0.1, -0.05) is 31.4 Å². The predicted molar refractivity (Wildman–Crippen MR) is 81.4 cm³/mol. The van der Waals surface area contributed by atoms with Gasteiger partial charge in [-0.3, -0.25) is 5.84 Å². The van der Waals surface area contributed by atoms with E-state index in [0.29, 0.717) is 12.5 Å². The monoisotopic (exact) mass is 302 g/mol. The molecule has 1 saturated carbocycles. The van der Waals surface area contributed by atoms with Crippen LogP contribution < -0.4 is 11.3 Å². The zero-order valence-corrected chi connectivity index (χ0v) is 13.2. The van der Waals surface area contributed by atoms with E-state index in [0.717, 1.165) is 22.1 Å². The van der Waals surface area contributed by atoms with Crippen molar-refractivity contribution >= 4 is 22.9 Å². The Balaban J connectivity index is 2.29. The van der Waals surface area contributed by atoms with E-state index in [1.54, 1.807) is 11.3 Å². The van der Waals surface area contributed by atoms with E-state index in [1.807, 2.05) is 6.07 Å². The van der Waals surface area contributed by atoms with Crippen LogP contribution in [-0.4, -0.2) is 12.2 Å². The van der Waals surface area contributed by atoms with Gasteiger partial charge in [0.15, 0.2) is 0 Å². The number of hydrogen-bond acceptors (Lipinski definition) is 4. The summed E-state index contributed by atoms with van der Waals surface area (Å²) in [5.41, 5.74) is 2.78. The second-order valence-electron chi connectivity index (χ2n) is 5.44. The van der Waals surface area contributed by atoms with Crippen LogP contribution in [0.5, 0.6) is 0 Å². The SMILES string of the molecule is CCOC1(C(NN)c2ccc(Cl)s2)CCCC(C)C1. The van der Waals surface area contributed by atoms with Crippen LogP contribution in [0.15, 0.2) is 12.1 Å². The molecule has 108 valence electrons. The first-order valence-electron chi connectivity index (χ1n) is 6.96. The second-order valence-corrected chi connectivity index (χ2v) is 7.19. The summed E-state index contributed by atoms with van der Waals surface area (Å²) in [7, 11) is 0. The Morgan fingerprint density at radius 1 is 1.63 bits per heavy atom. The molecule has 1 aromatic heterocycles. The highest BCUT2D eigenvalue weighted by atomic mass is 35.5. The molecular formula is C14H23ClN2OS. The average Bonchev–Trinajstić information content (AvgIpc) is 2.77. The quantitative estimate of drug-likeness (QED) is 0.641. The van der Waals surface area contributed by atoms with E-state index in [-0.39, 0.29) is 11.6 Å². The summed E-state index contributed by atoms with van der Waals surface area (Å²) >= 11 is 7.64. The summed E-state index contributed by atoms with van der Waals surface area (Å²) in [4.78, 5) is 1.16. The van der Waals surface area contributed by atoms with Crippen LogP contribution >= 0.6 is 22.9 Å². The Hall–Kier alpha value is -0.130. The minimum absolute atomic E-state index is 0.0210. The second kappa shape index (κ2) is 6.55. The molecule has 1 fully saturated rings. The molecular weight excluding hydrogens is 280 g/mol. The lowest BCUT2D eigenvalue weighted by Crippen LogP contribution is -2.50. The molecule has 3 atom stereocenters. The molecule has 3 unspecified atom stereocenters. The van der Waals surface area contributed by atoms with Gasteiger partial charge in [0, 0.05) is 11.5 Å². The lowest BCUT2D eigenvalue weighted by molar-refractivity contribution is -0.101. The number of hydrazine groups is 1. The fraction of sp³-hybridized carbons (Fsp3) is 0.714. The predicted octanol–water partition coefficient (Wildman–Crippen LogP) is 3.89. The number of hydrogen-bond donors (Lipinski definition) is 2. The van der Waals surface area contributed by atoms with Crippen molar-refractivity contribution in [3.8, 4) is 0 Å². The first kappa shape index (κ1) is 15.3. The minimum Gasteiger partial charge on any atom is -0.373 e. The fourth-order valence-electron chi connectivity index (χ4n) is 3.28. The number of nitrogens with two attached hydrogens (primary N) is 1. The molecule has 1 aromatic rings. The van der Waals surface area contributed by atoms with Gasteiger partial charge in [0.1, 0.15) is 0 Å². The van der Waals surface area contributed by atoms with Gasteiger partial charge < -0.3 is 4.74 Å². The summed E-state index contributed by atoms with van der Waals surface area (Å²) in [6, 6.07) is 4.00. The van der Waals surface area contributed by atoms with E-state index in [4.69, 9.17) is 22.2 Å². The summed E-state index contributed by atoms with van der Waals surface area (Å²) in [6.45, 7) is 5.06. The molecule has 5 heteroatoms. The molecule has 19 heavy (non-hydrogen) atoms. The van der Waals surface area contributed by atoms with Crippen LogP contribution in [0.1, 0.15) is 50.4 Å². The first-order chi connectivity index (χ1) is 9.11. The summed E-state index contributed by atoms with van der Waals surface area (Å²) < 4.78 is 6.98. The molecule has 3 nitrogen and oxygen atoms in total. The highest BCUT2D eigenvalue weighted by molar-refractivity contribution is 7.16. The lowest BCUT2D eigenvalue weighted by atomic mass is 9.74. The summed E-state index contributed by atoms with van der Waals surface area (Å²) in [5.74, 6) is 6.51. The third kappa shape index (κ3) is 3.31. The summed E-state index contributed by atoms with van der Waals surface area (Å²) in [6.07, 6.45) is 4.57. The zero-order chi connectivity index (χ0) is 13.9. The molecule has 0 aliphatic heterocycles. The van der Waals surface area contributed by atoms with E-state index in [2.05, 4.69) is 25.3 Å². The maximum atomic E-state index is 6.18. The molecule has 0 bridgehead atoms. The molecule has 0 aromatic carbocycles. The van der Waals surface area contributed by atoms with Gasteiger partial charge in [0.2, 0.25) is 0 Å². The first-order valence-corrected chi connectivity index (χ1v) is 8.16. The Morgan fingerprint density at radius 3 is 2.95 bits per heavy atom. The van der Waals surface area contributed by atoms with E-state index in [1.165, 1.54) is 12.8 Å². The highest BCUT2D eigenvalue weighted by Crippen LogP contribution is 2.45. The van der Waals surface area contributed by atoms with Gasteiger partial charge in [-0.15, -0.1) is 11.3 Å². The maximum Gasteiger partial charge on any atom is 0.0931 e. The van der Waals surface area contributed by atoms with Crippen molar-refractivity contribution in [2.75, 3.05) is 6.61 Å². The molecule has 2 rings (SSSR count). The van der Waals surface area contributed by atoms with Crippen molar-refractivity contribution in [2.45, 2.75) is 51.2 Å². The molecule has 3 N–H and O–H groups in total. The lowest BCUT2D eigenvalue weighted by Gasteiger charge is -2.44. The smallest absolute Gasteiger partial charge is 0.0931 e. The van der Waals surface area contributed by atoms with Crippen molar-refractivity contribution in [3.05, 3.63) is 21.3 Å². The van der Waals surface area contributed by atoms with Crippen LogP contribution in [0.4, 0.5) is 0 Å². The molecule has 0 radical (unpaired) electrons. The minimum atomic E-state index is -0.199. The molecule has 1 aliphatic carbocycles. The van der Waals surface area contributed by atoms with Crippen molar-refractivity contribution < 1.29 is 4.74 Å². The largest absolute Gasteiger partial charge is 0.373 e. The molecule has 0 amide bonds. The topological polar surface area (TPSA) is 47.3 Å².